The number of nitrogens with one attached hydrogen (secondary N) is 1. The van der Waals surface area contributed by atoms with Crippen LogP contribution in [0.2, 0.25) is 0 Å². The molecule has 0 spiro atoms. The quantitative estimate of drug-likeness (QED) is 0.791. The Kier molecular flexibility index (Phi) is 5.78. The lowest BCUT2D eigenvalue weighted by atomic mass is 10.2. The Hall–Kier alpha value is -0.740. The molecule has 96 valence electrons. The fourth-order valence-electron chi connectivity index (χ4n) is 1.91. The molecule has 0 atom stereocenters. The second-order valence-corrected chi connectivity index (χ2v) is 4.61. The molecule has 0 aromatic carbocycles. The van der Waals surface area contributed by atoms with E-state index in [1.165, 1.54) is 5.69 Å². The van der Waals surface area contributed by atoms with E-state index in [0.29, 0.717) is 0 Å². The maximum atomic E-state index is 5.29. The van der Waals surface area contributed by atoms with Gasteiger partial charge in [0, 0.05) is 24.2 Å². The van der Waals surface area contributed by atoms with Crippen molar-refractivity contribution in [2.24, 2.45) is 0 Å². The van der Waals surface area contributed by atoms with Crippen LogP contribution >= 0.6 is 12.2 Å². The number of aromatic nitrogens is 2. The summed E-state index contributed by atoms with van der Waals surface area (Å²) in [5, 5.41) is 0. The zero-order valence-corrected chi connectivity index (χ0v) is 12.2. The van der Waals surface area contributed by atoms with E-state index in [-0.39, 0.29) is 0 Å². The summed E-state index contributed by atoms with van der Waals surface area (Å²) in [5.41, 5.74) is 2.34. The normalized spacial score (nSPS) is 11.1. The van der Waals surface area contributed by atoms with Crippen molar-refractivity contribution < 1.29 is 0 Å². The average Bonchev–Trinajstić information content (AvgIpc) is 2.34. The number of nitrogens with zero attached hydrogens (tertiary/aromatic N) is 2. The number of likely N-dealkylation sites (N-methyl/N-ethyl adjacent to an activating group) is 1. The molecule has 0 unspecified atom stereocenters. The molecule has 0 saturated heterocycles. The van der Waals surface area contributed by atoms with Crippen LogP contribution in [0.5, 0.6) is 0 Å². The van der Waals surface area contributed by atoms with Crippen LogP contribution in [0.15, 0.2) is 0 Å². The van der Waals surface area contributed by atoms with E-state index < -0.39 is 0 Å². The molecular formula is C13H23N3S. The van der Waals surface area contributed by atoms with E-state index in [0.717, 1.165) is 48.5 Å². The second-order valence-electron chi connectivity index (χ2n) is 4.22. The number of H-pyrrole nitrogens is 1. The molecule has 0 bridgehead atoms. The van der Waals surface area contributed by atoms with Crippen molar-refractivity contribution in [1.82, 2.24) is 14.9 Å². The number of hydrogen-bond acceptors (Lipinski definition) is 3. The van der Waals surface area contributed by atoms with Gasteiger partial charge in [0.25, 0.3) is 0 Å². The largest absolute Gasteiger partial charge is 0.347 e. The highest BCUT2D eigenvalue weighted by Gasteiger charge is 2.05. The number of aromatic amines is 1. The SMILES string of the molecule is CCc1[nH]c(CCN(CC)CC)nc(=S)c1C. The van der Waals surface area contributed by atoms with Gasteiger partial charge in [0.2, 0.25) is 0 Å². The molecule has 0 aliphatic rings. The van der Waals surface area contributed by atoms with Gasteiger partial charge in [-0.2, -0.15) is 0 Å². The highest BCUT2D eigenvalue weighted by molar-refractivity contribution is 7.71. The van der Waals surface area contributed by atoms with Crippen molar-refractivity contribution in [2.75, 3.05) is 19.6 Å². The van der Waals surface area contributed by atoms with Crippen LogP contribution in [0.3, 0.4) is 0 Å². The third kappa shape index (κ3) is 3.89. The van der Waals surface area contributed by atoms with Crippen LogP contribution in [0.1, 0.15) is 37.9 Å². The summed E-state index contributed by atoms with van der Waals surface area (Å²) in [7, 11) is 0. The minimum atomic E-state index is 0.746. The van der Waals surface area contributed by atoms with Gasteiger partial charge in [0.05, 0.1) is 0 Å². The molecule has 0 radical (unpaired) electrons. The molecule has 1 rings (SSSR count). The van der Waals surface area contributed by atoms with E-state index in [2.05, 4.69) is 35.6 Å². The first-order chi connectivity index (χ1) is 8.12. The number of aryl methyl sites for hydroxylation is 1. The highest BCUT2D eigenvalue weighted by atomic mass is 32.1. The maximum Gasteiger partial charge on any atom is 0.132 e. The monoisotopic (exact) mass is 253 g/mol. The van der Waals surface area contributed by atoms with Gasteiger partial charge in [0.1, 0.15) is 10.5 Å². The van der Waals surface area contributed by atoms with Crippen molar-refractivity contribution in [3.8, 4) is 0 Å². The third-order valence-corrected chi connectivity index (χ3v) is 3.62. The zero-order valence-electron chi connectivity index (χ0n) is 11.3. The fraction of sp³-hybridized carbons (Fsp3) is 0.692. The molecule has 17 heavy (non-hydrogen) atoms. The molecule has 1 N–H and O–H groups in total. The van der Waals surface area contributed by atoms with Gasteiger partial charge in [-0.1, -0.05) is 33.0 Å². The Morgan fingerprint density at radius 1 is 1.24 bits per heavy atom. The molecule has 0 aliphatic heterocycles. The standard InChI is InChI=1S/C13H23N3S/c1-5-11-10(4)13(17)15-12(14-11)8-9-16(6-2)7-3/h5-9H2,1-4H3,(H,14,15,17). The van der Waals surface area contributed by atoms with E-state index >= 15 is 0 Å². The van der Waals surface area contributed by atoms with E-state index in [1.54, 1.807) is 0 Å². The lowest BCUT2D eigenvalue weighted by Gasteiger charge is -2.17. The molecule has 0 fully saturated rings. The average molecular weight is 253 g/mol. The molecule has 0 aliphatic carbocycles. The molecular weight excluding hydrogens is 230 g/mol. The van der Waals surface area contributed by atoms with Crippen molar-refractivity contribution in [3.05, 3.63) is 21.7 Å². The summed E-state index contributed by atoms with van der Waals surface area (Å²) in [6.07, 6.45) is 1.93. The molecule has 3 nitrogen and oxygen atoms in total. The van der Waals surface area contributed by atoms with E-state index in [1.807, 2.05) is 6.92 Å². The molecule has 0 saturated carbocycles. The Labute approximate surface area is 109 Å². The summed E-state index contributed by atoms with van der Waals surface area (Å²) in [4.78, 5) is 10.2. The first-order valence-corrected chi connectivity index (χ1v) is 6.84. The zero-order chi connectivity index (χ0) is 12.8. The first-order valence-electron chi connectivity index (χ1n) is 6.43. The lowest BCUT2D eigenvalue weighted by Crippen LogP contribution is -2.26. The van der Waals surface area contributed by atoms with Crippen LogP contribution in [0.4, 0.5) is 0 Å². The van der Waals surface area contributed by atoms with Gasteiger partial charge in [-0.05, 0) is 26.4 Å². The van der Waals surface area contributed by atoms with E-state index in [4.69, 9.17) is 12.2 Å². The molecule has 1 heterocycles. The third-order valence-electron chi connectivity index (χ3n) is 3.22. The van der Waals surface area contributed by atoms with Crippen LogP contribution in [0, 0.1) is 11.6 Å². The predicted octanol–water partition coefficient (Wildman–Crippen LogP) is 2.89. The summed E-state index contributed by atoms with van der Waals surface area (Å²) < 4.78 is 0.746. The minimum absolute atomic E-state index is 0.746. The van der Waals surface area contributed by atoms with Gasteiger partial charge in [0.15, 0.2) is 0 Å². The van der Waals surface area contributed by atoms with Gasteiger partial charge in [-0.3, -0.25) is 0 Å². The van der Waals surface area contributed by atoms with Crippen LogP contribution in [-0.2, 0) is 12.8 Å². The van der Waals surface area contributed by atoms with Crippen molar-refractivity contribution in [2.45, 2.75) is 40.5 Å². The lowest BCUT2D eigenvalue weighted by molar-refractivity contribution is 0.305. The van der Waals surface area contributed by atoms with Crippen LogP contribution in [-0.4, -0.2) is 34.5 Å². The van der Waals surface area contributed by atoms with Crippen molar-refractivity contribution in [1.29, 1.82) is 0 Å². The van der Waals surface area contributed by atoms with Gasteiger partial charge in [-0.25, -0.2) is 4.98 Å². The minimum Gasteiger partial charge on any atom is -0.347 e. The molecule has 4 heteroatoms. The fourth-order valence-corrected chi connectivity index (χ4v) is 2.14. The Morgan fingerprint density at radius 3 is 2.41 bits per heavy atom. The molecule has 1 aromatic rings. The molecule has 1 aromatic heterocycles. The molecule has 0 amide bonds. The Morgan fingerprint density at radius 2 is 1.88 bits per heavy atom. The van der Waals surface area contributed by atoms with Gasteiger partial charge < -0.3 is 9.88 Å². The highest BCUT2D eigenvalue weighted by Crippen LogP contribution is 2.08. The summed E-state index contributed by atoms with van der Waals surface area (Å²) >= 11 is 5.29. The maximum absolute atomic E-state index is 5.29. The summed E-state index contributed by atoms with van der Waals surface area (Å²) in [5.74, 6) is 1.02. The van der Waals surface area contributed by atoms with Crippen LogP contribution in [0.25, 0.3) is 0 Å². The Bertz CT molecular complexity index is 408. The van der Waals surface area contributed by atoms with Crippen molar-refractivity contribution >= 4 is 12.2 Å². The Balaban J connectivity index is 2.78. The number of rotatable bonds is 6. The summed E-state index contributed by atoms with van der Waals surface area (Å²) in [6.45, 7) is 11.8. The summed E-state index contributed by atoms with van der Waals surface area (Å²) in [6, 6.07) is 0. The van der Waals surface area contributed by atoms with Crippen LogP contribution < -0.4 is 0 Å². The first kappa shape index (κ1) is 14.3. The van der Waals surface area contributed by atoms with Crippen molar-refractivity contribution in [3.63, 3.8) is 0 Å². The smallest absolute Gasteiger partial charge is 0.132 e. The van der Waals surface area contributed by atoms with Gasteiger partial charge >= 0.3 is 0 Å². The van der Waals surface area contributed by atoms with Gasteiger partial charge in [-0.15, -0.1) is 0 Å². The van der Waals surface area contributed by atoms with E-state index in [9.17, 15) is 0 Å². The number of hydrogen-bond donors (Lipinski definition) is 1. The topological polar surface area (TPSA) is 31.9 Å². The predicted molar refractivity (Wildman–Crippen MR) is 75.0 cm³/mol. The second kappa shape index (κ2) is 6.87.